The number of hydrogen-bond donors (Lipinski definition) is 0. The second-order valence-electron chi connectivity index (χ2n) is 5.77. The lowest BCUT2D eigenvalue weighted by molar-refractivity contribution is 0.219. The van der Waals surface area contributed by atoms with Gasteiger partial charge in [-0.25, -0.2) is 4.98 Å². The largest absolute Gasteiger partial charge is 0.476 e. The fraction of sp³-hybridized carbons (Fsp3) is 0.353. The maximum Gasteiger partial charge on any atom is 0.298 e. The lowest BCUT2D eigenvalue weighted by Crippen LogP contribution is -2.38. The number of nitrogens with zero attached hydrogens (tertiary/aromatic N) is 4. The van der Waals surface area contributed by atoms with Crippen LogP contribution in [0.5, 0.6) is 5.88 Å². The summed E-state index contributed by atoms with van der Waals surface area (Å²) >= 11 is 0. The van der Waals surface area contributed by atoms with E-state index < -0.39 is 0 Å². The molecule has 1 unspecified atom stereocenters. The Bertz CT molecular complexity index is 741. The molecule has 118 valence electrons. The number of oxazole rings is 1. The number of hydrogen-bond acceptors (Lipinski definition) is 6. The van der Waals surface area contributed by atoms with Crippen LogP contribution < -0.4 is 9.64 Å². The Balaban J connectivity index is 1.42. The molecule has 0 amide bonds. The third kappa shape index (κ3) is 3.11. The van der Waals surface area contributed by atoms with Gasteiger partial charge in [-0.3, -0.25) is 4.98 Å². The highest BCUT2D eigenvalue weighted by molar-refractivity contribution is 5.74. The van der Waals surface area contributed by atoms with Crippen molar-refractivity contribution in [1.82, 2.24) is 15.0 Å². The van der Waals surface area contributed by atoms with Crippen LogP contribution in [0.4, 0.5) is 6.01 Å². The van der Waals surface area contributed by atoms with Crippen molar-refractivity contribution < 1.29 is 9.15 Å². The van der Waals surface area contributed by atoms with Crippen molar-refractivity contribution >= 4 is 17.1 Å². The van der Waals surface area contributed by atoms with E-state index in [1.54, 1.807) is 18.6 Å². The second kappa shape index (κ2) is 6.24. The Morgan fingerprint density at radius 3 is 3.09 bits per heavy atom. The molecule has 23 heavy (non-hydrogen) atoms. The highest BCUT2D eigenvalue weighted by Gasteiger charge is 2.24. The van der Waals surface area contributed by atoms with Crippen LogP contribution in [0.1, 0.15) is 12.8 Å². The zero-order valence-corrected chi connectivity index (χ0v) is 12.8. The summed E-state index contributed by atoms with van der Waals surface area (Å²) in [6, 6.07) is 8.56. The molecule has 0 saturated carbocycles. The van der Waals surface area contributed by atoms with Gasteiger partial charge in [0, 0.05) is 31.4 Å². The highest BCUT2D eigenvalue weighted by atomic mass is 16.5. The summed E-state index contributed by atoms with van der Waals surface area (Å²) in [5.41, 5.74) is 1.74. The minimum absolute atomic E-state index is 0.431. The van der Waals surface area contributed by atoms with E-state index in [0.717, 1.165) is 37.0 Å². The van der Waals surface area contributed by atoms with Crippen molar-refractivity contribution in [3.05, 3.63) is 42.9 Å². The van der Waals surface area contributed by atoms with Gasteiger partial charge in [0.1, 0.15) is 5.52 Å². The summed E-state index contributed by atoms with van der Waals surface area (Å²) in [5.74, 6) is 1.01. The molecule has 6 nitrogen and oxygen atoms in total. The molecule has 1 saturated heterocycles. The van der Waals surface area contributed by atoms with Crippen molar-refractivity contribution in [2.75, 3.05) is 24.6 Å². The Morgan fingerprint density at radius 1 is 1.26 bits per heavy atom. The summed E-state index contributed by atoms with van der Waals surface area (Å²) in [7, 11) is 0. The van der Waals surface area contributed by atoms with Crippen molar-refractivity contribution in [2.45, 2.75) is 12.8 Å². The minimum atomic E-state index is 0.431. The van der Waals surface area contributed by atoms with Crippen molar-refractivity contribution in [3.63, 3.8) is 0 Å². The van der Waals surface area contributed by atoms with E-state index in [1.807, 2.05) is 24.3 Å². The summed E-state index contributed by atoms with van der Waals surface area (Å²) < 4.78 is 11.6. The molecule has 0 bridgehead atoms. The summed E-state index contributed by atoms with van der Waals surface area (Å²) in [5, 5.41) is 0. The van der Waals surface area contributed by atoms with Gasteiger partial charge < -0.3 is 14.1 Å². The Labute approximate surface area is 134 Å². The number of anilines is 1. The van der Waals surface area contributed by atoms with Gasteiger partial charge in [-0.15, -0.1) is 0 Å². The third-order valence-corrected chi connectivity index (χ3v) is 4.08. The first-order valence-corrected chi connectivity index (χ1v) is 7.88. The first-order chi connectivity index (χ1) is 11.4. The van der Waals surface area contributed by atoms with Crippen LogP contribution >= 0.6 is 0 Å². The molecule has 1 fully saturated rings. The molecular formula is C17H18N4O2. The molecule has 0 spiro atoms. The van der Waals surface area contributed by atoms with Crippen molar-refractivity contribution in [1.29, 1.82) is 0 Å². The maximum absolute atomic E-state index is 5.87. The number of para-hydroxylation sites is 2. The molecule has 1 aromatic carbocycles. The maximum atomic E-state index is 5.87. The number of fused-ring (bicyclic) bond motifs is 1. The average molecular weight is 310 g/mol. The molecule has 1 aliphatic heterocycles. The van der Waals surface area contributed by atoms with Gasteiger partial charge in [0.05, 0.1) is 12.8 Å². The molecule has 2 aromatic heterocycles. The van der Waals surface area contributed by atoms with Crippen LogP contribution in [-0.4, -0.2) is 34.6 Å². The number of aromatic nitrogens is 3. The quantitative estimate of drug-likeness (QED) is 0.738. The van der Waals surface area contributed by atoms with Gasteiger partial charge >= 0.3 is 0 Å². The fourth-order valence-corrected chi connectivity index (χ4v) is 2.93. The average Bonchev–Trinajstić information content (AvgIpc) is 3.05. The number of ether oxygens (including phenoxy) is 1. The van der Waals surface area contributed by atoms with Crippen molar-refractivity contribution in [2.24, 2.45) is 5.92 Å². The van der Waals surface area contributed by atoms with Crippen molar-refractivity contribution in [3.8, 4) is 5.88 Å². The zero-order chi connectivity index (χ0) is 15.5. The molecule has 0 N–H and O–H groups in total. The van der Waals surface area contributed by atoms with Gasteiger partial charge in [0.25, 0.3) is 6.01 Å². The van der Waals surface area contributed by atoms with E-state index in [-0.39, 0.29) is 0 Å². The molecule has 0 aliphatic carbocycles. The molecule has 3 heterocycles. The third-order valence-electron chi connectivity index (χ3n) is 4.08. The normalized spacial score (nSPS) is 18.3. The zero-order valence-electron chi connectivity index (χ0n) is 12.8. The minimum Gasteiger partial charge on any atom is -0.476 e. The van der Waals surface area contributed by atoms with E-state index in [2.05, 4.69) is 19.9 Å². The predicted octanol–water partition coefficient (Wildman–Crippen LogP) is 2.91. The van der Waals surface area contributed by atoms with E-state index in [4.69, 9.17) is 9.15 Å². The summed E-state index contributed by atoms with van der Waals surface area (Å²) in [6.07, 6.45) is 7.16. The molecule has 1 aliphatic rings. The van der Waals surface area contributed by atoms with Crippen LogP contribution in [0.25, 0.3) is 11.1 Å². The lowest BCUT2D eigenvalue weighted by atomic mass is 9.99. The van der Waals surface area contributed by atoms with Crippen LogP contribution in [0.15, 0.2) is 47.3 Å². The van der Waals surface area contributed by atoms with Gasteiger partial charge in [0.2, 0.25) is 5.88 Å². The number of benzene rings is 1. The highest BCUT2D eigenvalue weighted by Crippen LogP contribution is 2.26. The van der Waals surface area contributed by atoms with Gasteiger partial charge in [0.15, 0.2) is 5.58 Å². The van der Waals surface area contributed by atoms with Crippen LogP contribution in [0.3, 0.4) is 0 Å². The van der Waals surface area contributed by atoms with E-state index in [9.17, 15) is 0 Å². The van der Waals surface area contributed by atoms with Gasteiger partial charge in [-0.2, -0.15) is 4.98 Å². The molecule has 6 heteroatoms. The molecule has 3 aromatic rings. The van der Waals surface area contributed by atoms with Crippen LogP contribution in [0, 0.1) is 5.92 Å². The Hall–Kier alpha value is -2.63. The molecule has 4 rings (SSSR count). The summed E-state index contributed by atoms with van der Waals surface area (Å²) in [6.45, 7) is 2.48. The molecule has 0 radical (unpaired) electrons. The molecule has 1 atom stereocenters. The van der Waals surface area contributed by atoms with Crippen LogP contribution in [0.2, 0.25) is 0 Å². The van der Waals surface area contributed by atoms with Crippen LogP contribution in [-0.2, 0) is 0 Å². The van der Waals surface area contributed by atoms with Gasteiger partial charge in [-0.05, 0) is 25.0 Å². The first kappa shape index (κ1) is 14.0. The monoisotopic (exact) mass is 310 g/mol. The number of rotatable bonds is 4. The first-order valence-electron chi connectivity index (χ1n) is 7.88. The second-order valence-corrected chi connectivity index (χ2v) is 5.77. The van der Waals surface area contributed by atoms with E-state index >= 15 is 0 Å². The number of piperidine rings is 1. The van der Waals surface area contributed by atoms with Gasteiger partial charge in [-0.1, -0.05) is 12.1 Å². The standard InChI is InChI=1S/C17H18N4O2/c1-2-6-15-14(5-1)20-17(23-15)21-9-3-4-13(11-21)12-22-16-10-18-7-8-19-16/h1-2,5-8,10,13H,3-4,9,11-12H2. The predicted molar refractivity (Wildman–Crippen MR) is 86.5 cm³/mol. The SMILES string of the molecule is c1ccc2oc(N3CCCC(COc4cnccn4)C3)nc2c1. The smallest absolute Gasteiger partial charge is 0.298 e. The molecular weight excluding hydrogens is 292 g/mol. The summed E-state index contributed by atoms with van der Waals surface area (Å²) in [4.78, 5) is 14.9. The van der Waals surface area contributed by atoms with E-state index in [1.165, 1.54) is 0 Å². The fourth-order valence-electron chi connectivity index (χ4n) is 2.93. The Kier molecular flexibility index (Phi) is 3.80. The lowest BCUT2D eigenvalue weighted by Gasteiger charge is -2.31. The Morgan fingerprint density at radius 2 is 2.22 bits per heavy atom. The van der Waals surface area contributed by atoms with E-state index in [0.29, 0.717) is 24.4 Å². The topological polar surface area (TPSA) is 64.3 Å².